The second kappa shape index (κ2) is 5.56. The van der Waals surface area contributed by atoms with Gasteiger partial charge in [0.25, 0.3) is 0 Å². The molecule has 0 atom stereocenters. The minimum Gasteiger partial charge on any atom is -0.394 e. The van der Waals surface area contributed by atoms with Crippen LogP contribution in [0.3, 0.4) is 0 Å². The molecule has 2 N–H and O–H groups in total. The molecular formula is C16H22N2O2. The molecule has 2 aromatic rings. The third-order valence-corrected chi connectivity index (χ3v) is 4.39. The molecule has 4 nitrogen and oxygen atoms in total. The fourth-order valence-corrected chi connectivity index (χ4v) is 3.00. The van der Waals surface area contributed by atoms with Crippen molar-refractivity contribution < 1.29 is 9.84 Å². The molecule has 0 radical (unpaired) electrons. The summed E-state index contributed by atoms with van der Waals surface area (Å²) in [5.41, 5.74) is 2.34. The van der Waals surface area contributed by atoms with Crippen molar-refractivity contribution in [1.29, 1.82) is 0 Å². The number of aliphatic hydroxyl groups is 1. The minimum atomic E-state index is -0.185. The van der Waals surface area contributed by atoms with Crippen LogP contribution < -0.4 is 5.32 Å². The molecule has 4 heteroatoms. The predicted octanol–water partition coefficient (Wildman–Crippen LogP) is 1.81. The molecule has 20 heavy (non-hydrogen) atoms. The van der Waals surface area contributed by atoms with Gasteiger partial charge in [-0.2, -0.15) is 0 Å². The van der Waals surface area contributed by atoms with Gasteiger partial charge in [-0.05, 0) is 24.5 Å². The highest BCUT2D eigenvalue weighted by atomic mass is 16.5. The van der Waals surface area contributed by atoms with Gasteiger partial charge in [-0.15, -0.1) is 0 Å². The number of aliphatic hydroxyl groups excluding tert-OH is 1. The van der Waals surface area contributed by atoms with Gasteiger partial charge in [0.1, 0.15) is 0 Å². The first-order valence-electron chi connectivity index (χ1n) is 7.21. The zero-order chi connectivity index (χ0) is 14.0. The Hall–Kier alpha value is -1.36. The Labute approximate surface area is 119 Å². The van der Waals surface area contributed by atoms with E-state index in [4.69, 9.17) is 4.74 Å². The molecule has 1 aromatic carbocycles. The summed E-state index contributed by atoms with van der Waals surface area (Å²) in [6.45, 7) is 2.40. The van der Waals surface area contributed by atoms with Crippen molar-refractivity contribution >= 4 is 10.9 Å². The Morgan fingerprint density at radius 1 is 1.30 bits per heavy atom. The number of nitrogens with one attached hydrogen (secondary N) is 1. The van der Waals surface area contributed by atoms with Gasteiger partial charge in [-0.3, -0.25) is 0 Å². The Balaban J connectivity index is 1.79. The lowest BCUT2D eigenvalue weighted by Gasteiger charge is -2.36. The number of hydrogen-bond donors (Lipinski definition) is 2. The number of nitrogens with zero attached hydrogens (tertiary/aromatic N) is 1. The molecule has 0 saturated carbocycles. The monoisotopic (exact) mass is 274 g/mol. The van der Waals surface area contributed by atoms with E-state index in [2.05, 4.69) is 47.4 Å². The summed E-state index contributed by atoms with van der Waals surface area (Å²) in [5, 5.41) is 14.6. The number of benzene rings is 1. The molecule has 108 valence electrons. The molecule has 1 aliphatic heterocycles. The normalized spacial score (nSPS) is 18.5. The van der Waals surface area contributed by atoms with E-state index in [-0.39, 0.29) is 12.1 Å². The number of aryl methyl sites for hydroxylation is 1. The summed E-state index contributed by atoms with van der Waals surface area (Å²) < 4.78 is 7.55. The van der Waals surface area contributed by atoms with Crippen LogP contribution in [0.15, 0.2) is 30.5 Å². The molecule has 2 heterocycles. The van der Waals surface area contributed by atoms with Crippen LogP contribution in [0.5, 0.6) is 0 Å². The van der Waals surface area contributed by atoms with Gasteiger partial charge < -0.3 is 19.7 Å². The molecule has 1 fully saturated rings. The molecule has 0 bridgehead atoms. The lowest BCUT2D eigenvalue weighted by Crippen LogP contribution is -2.51. The van der Waals surface area contributed by atoms with Crippen LogP contribution in [0.1, 0.15) is 18.4 Å². The first-order valence-corrected chi connectivity index (χ1v) is 7.21. The maximum atomic E-state index is 9.71. The fourth-order valence-electron chi connectivity index (χ4n) is 3.00. The van der Waals surface area contributed by atoms with Crippen LogP contribution in [0.4, 0.5) is 0 Å². The van der Waals surface area contributed by atoms with Crippen molar-refractivity contribution in [2.24, 2.45) is 7.05 Å². The quantitative estimate of drug-likeness (QED) is 0.894. The van der Waals surface area contributed by atoms with Gasteiger partial charge in [0.05, 0.1) is 6.61 Å². The van der Waals surface area contributed by atoms with Crippen LogP contribution in [-0.2, 0) is 18.3 Å². The standard InChI is InChI=1S/C16H22N2O2/c1-18-11-13(14-4-2-3-5-15(14)18)10-17-16(12-19)6-8-20-9-7-16/h2-5,11,17,19H,6-10,12H2,1H3. The van der Waals surface area contributed by atoms with Crippen molar-refractivity contribution in [2.75, 3.05) is 19.8 Å². The van der Waals surface area contributed by atoms with Gasteiger partial charge in [-0.25, -0.2) is 0 Å². The van der Waals surface area contributed by atoms with E-state index in [9.17, 15) is 5.11 Å². The summed E-state index contributed by atoms with van der Waals surface area (Å²) in [7, 11) is 2.07. The highest BCUT2D eigenvalue weighted by molar-refractivity contribution is 5.83. The fraction of sp³-hybridized carbons (Fsp3) is 0.500. The molecule has 1 aliphatic rings. The molecule has 0 aliphatic carbocycles. The topological polar surface area (TPSA) is 46.4 Å². The van der Waals surface area contributed by atoms with Crippen molar-refractivity contribution in [3.8, 4) is 0 Å². The van der Waals surface area contributed by atoms with Crippen LogP contribution in [0.25, 0.3) is 10.9 Å². The largest absolute Gasteiger partial charge is 0.394 e. The van der Waals surface area contributed by atoms with Crippen LogP contribution in [-0.4, -0.2) is 35.0 Å². The summed E-state index contributed by atoms with van der Waals surface area (Å²) in [4.78, 5) is 0. The van der Waals surface area contributed by atoms with Crippen LogP contribution in [0, 0.1) is 0 Å². The number of aromatic nitrogens is 1. The van der Waals surface area contributed by atoms with E-state index in [1.54, 1.807) is 0 Å². The van der Waals surface area contributed by atoms with Gasteiger partial charge >= 0.3 is 0 Å². The highest BCUT2D eigenvalue weighted by Gasteiger charge is 2.31. The molecular weight excluding hydrogens is 252 g/mol. The summed E-state index contributed by atoms with van der Waals surface area (Å²) in [5.74, 6) is 0. The zero-order valence-corrected chi connectivity index (χ0v) is 11.9. The first-order chi connectivity index (χ1) is 9.74. The smallest absolute Gasteiger partial charge is 0.0615 e. The molecule has 0 amide bonds. The first kappa shape index (κ1) is 13.6. The third-order valence-electron chi connectivity index (χ3n) is 4.39. The minimum absolute atomic E-state index is 0.168. The van der Waals surface area contributed by atoms with Gasteiger partial charge in [0.2, 0.25) is 0 Å². The summed E-state index contributed by atoms with van der Waals surface area (Å²) in [6.07, 6.45) is 3.91. The average molecular weight is 274 g/mol. The predicted molar refractivity (Wildman–Crippen MR) is 79.6 cm³/mol. The molecule has 0 unspecified atom stereocenters. The Bertz CT molecular complexity index is 585. The van der Waals surface area contributed by atoms with Crippen LogP contribution >= 0.6 is 0 Å². The lowest BCUT2D eigenvalue weighted by molar-refractivity contribution is 0.0112. The Morgan fingerprint density at radius 2 is 2.05 bits per heavy atom. The average Bonchev–Trinajstić information content (AvgIpc) is 2.83. The van der Waals surface area contributed by atoms with Crippen molar-refractivity contribution in [3.63, 3.8) is 0 Å². The van der Waals surface area contributed by atoms with Gasteiger partial charge in [0, 0.05) is 49.4 Å². The second-order valence-corrected chi connectivity index (χ2v) is 5.69. The third kappa shape index (κ3) is 2.46. The van der Waals surface area contributed by atoms with Crippen molar-refractivity contribution in [2.45, 2.75) is 24.9 Å². The Morgan fingerprint density at radius 3 is 2.80 bits per heavy atom. The van der Waals surface area contributed by atoms with E-state index < -0.39 is 0 Å². The SMILES string of the molecule is Cn1cc(CNC2(CO)CCOCC2)c2ccccc21. The van der Waals surface area contributed by atoms with Crippen molar-refractivity contribution in [3.05, 3.63) is 36.0 Å². The molecule has 1 saturated heterocycles. The number of fused-ring (bicyclic) bond motifs is 1. The lowest BCUT2D eigenvalue weighted by atomic mass is 9.90. The maximum absolute atomic E-state index is 9.71. The molecule has 3 rings (SSSR count). The van der Waals surface area contributed by atoms with E-state index in [1.807, 2.05) is 0 Å². The maximum Gasteiger partial charge on any atom is 0.0615 e. The van der Waals surface area contributed by atoms with Gasteiger partial charge in [0.15, 0.2) is 0 Å². The Kier molecular flexibility index (Phi) is 3.78. The number of rotatable bonds is 4. The van der Waals surface area contributed by atoms with Gasteiger partial charge in [-0.1, -0.05) is 18.2 Å². The molecule has 1 aromatic heterocycles. The number of hydrogen-bond acceptors (Lipinski definition) is 3. The van der Waals surface area contributed by atoms with E-state index in [0.717, 1.165) is 32.6 Å². The van der Waals surface area contributed by atoms with Crippen LogP contribution in [0.2, 0.25) is 0 Å². The molecule has 0 spiro atoms. The zero-order valence-electron chi connectivity index (χ0n) is 11.9. The second-order valence-electron chi connectivity index (χ2n) is 5.69. The number of ether oxygens (including phenoxy) is 1. The van der Waals surface area contributed by atoms with E-state index in [1.165, 1.54) is 16.5 Å². The highest BCUT2D eigenvalue weighted by Crippen LogP contribution is 2.24. The van der Waals surface area contributed by atoms with E-state index in [0.29, 0.717) is 0 Å². The summed E-state index contributed by atoms with van der Waals surface area (Å²) in [6, 6.07) is 8.42. The van der Waals surface area contributed by atoms with Crippen molar-refractivity contribution in [1.82, 2.24) is 9.88 Å². The van der Waals surface area contributed by atoms with E-state index >= 15 is 0 Å². The number of para-hydroxylation sites is 1. The summed E-state index contributed by atoms with van der Waals surface area (Å²) >= 11 is 0.